The number of benzene rings is 2. The highest BCUT2D eigenvalue weighted by Gasteiger charge is 2.35. The number of ether oxygens (including phenoxy) is 1. The molecule has 0 saturated carbocycles. The van der Waals surface area contributed by atoms with E-state index in [0.29, 0.717) is 63.0 Å². The summed E-state index contributed by atoms with van der Waals surface area (Å²) in [6, 6.07) is 11.2. The number of carbonyl (C=O) groups excluding carboxylic acids is 3. The second-order valence-electron chi connectivity index (χ2n) is 13.0. The summed E-state index contributed by atoms with van der Waals surface area (Å²) in [4.78, 5) is 44.7. The lowest BCUT2D eigenvalue weighted by atomic mass is 9.79. The van der Waals surface area contributed by atoms with Crippen molar-refractivity contribution in [2.75, 3.05) is 58.2 Å². The fourth-order valence-electron chi connectivity index (χ4n) is 7.37. The summed E-state index contributed by atoms with van der Waals surface area (Å²) >= 11 is 12.4. The molecule has 12 heteroatoms. The Morgan fingerprint density at radius 1 is 1.00 bits per heavy atom. The molecule has 0 radical (unpaired) electrons. The number of carbonyl (C=O) groups is 3. The zero-order valence-corrected chi connectivity index (χ0v) is 28.6. The van der Waals surface area contributed by atoms with E-state index in [4.69, 9.17) is 27.9 Å². The number of hydrogen-bond acceptors (Lipinski definition) is 7. The molecule has 3 fully saturated rings. The van der Waals surface area contributed by atoms with Crippen molar-refractivity contribution in [2.24, 2.45) is 11.8 Å². The minimum Gasteiger partial charge on any atom is -0.505 e. The van der Waals surface area contributed by atoms with Crippen LogP contribution in [0.2, 0.25) is 10.0 Å². The van der Waals surface area contributed by atoms with E-state index in [0.717, 1.165) is 50.0 Å². The third kappa shape index (κ3) is 9.03. The molecule has 0 bridgehead atoms. The maximum Gasteiger partial charge on any atom is 0.410 e. The first-order valence-electron chi connectivity index (χ1n) is 16.9. The minimum absolute atomic E-state index is 0.0123. The Hall–Kier alpha value is -3.21. The number of phenols is 1. The van der Waals surface area contributed by atoms with E-state index in [1.807, 2.05) is 35.0 Å². The Bertz CT molecular complexity index is 1350. The maximum atomic E-state index is 13.9. The first-order valence-corrected chi connectivity index (χ1v) is 17.6. The number of nitrogens with one attached hydrogen (secondary N) is 2. The summed E-state index contributed by atoms with van der Waals surface area (Å²) < 4.78 is 5.96. The number of halogens is 2. The maximum absolute atomic E-state index is 13.9. The van der Waals surface area contributed by atoms with E-state index in [1.54, 1.807) is 17.0 Å². The van der Waals surface area contributed by atoms with Crippen molar-refractivity contribution in [3.63, 3.8) is 0 Å². The molecular formula is C35H47Cl2N5O5. The summed E-state index contributed by atoms with van der Waals surface area (Å²) in [5, 5.41) is 16.8. The lowest BCUT2D eigenvalue weighted by Gasteiger charge is -2.39. The Morgan fingerprint density at radius 2 is 1.62 bits per heavy atom. The second-order valence-corrected chi connectivity index (χ2v) is 13.8. The fourth-order valence-corrected chi connectivity index (χ4v) is 7.90. The SMILES string of the molecule is CNc1ccccc1CCN(C=O)C1CCN(C(=O)O[C@H](Cc2cc(Cl)c(O)c(Cl)c2)C(=O)N2CCC(C3CCNCC3)CC2)CC1. The van der Waals surface area contributed by atoms with Gasteiger partial charge in [0.2, 0.25) is 6.41 Å². The zero-order valence-electron chi connectivity index (χ0n) is 27.1. The molecule has 3 saturated heterocycles. The van der Waals surface area contributed by atoms with Crippen molar-refractivity contribution < 1.29 is 24.2 Å². The van der Waals surface area contributed by atoms with Gasteiger partial charge in [0.05, 0.1) is 10.0 Å². The van der Waals surface area contributed by atoms with E-state index >= 15 is 0 Å². The molecule has 0 spiro atoms. The van der Waals surface area contributed by atoms with Crippen LogP contribution in [0.4, 0.5) is 10.5 Å². The summed E-state index contributed by atoms with van der Waals surface area (Å²) in [7, 11) is 1.89. The van der Waals surface area contributed by atoms with Gasteiger partial charge in [-0.25, -0.2) is 4.79 Å². The molecule has 47 heavy (non-hydrogen) atoms. The predicted octanol–water partition coefficient (Wildman–Crippen LogP) is 5.19. The van der Waals surface area contributed by atoms with Gasteiger partial charge < -0.3 is 35.2 Å². The molecular weight excluding hydrogens is 641 g/mol. The first kappa shape index (κ1) is 35.1. The molecule has 10 nitrogen and oxygen atoms in total. The number of rotatable bonds is 11. The van der Waals surface area contributed by atoms with Crippen LogP contribution >= 0.6 is 23.2 Å². The van der Waals surface area contributed by atoms with Crippen LogP contribution < -0.4 is 10.6 Å². The van der Waals surface area contributed by atoms with Gasteiger partial charge in [-0.1, -0.05) is 41.4 Å². The van der Waals surface area contributed by atoms with Gasteiger partial charge in [0.15, 0.2) is 11.9 Å². The highest BCUT2D eigenvalue weighted by molar-refractivity contribution is 6.37. The highest BCUT2D eigenvalue weighted by atomic mass is 35.5. The van der Waals surface area contributed by atoms with Crippen molar-refractivity contribution in [3.8, 4) is 5.75 Å². The van der Waals surface area contributed by atoms with E-state index in [-0.39, 0.29) is 34.2 Å². The number of phenolic OH excluding ortho intramolecular Hbond substituents is 1. The zero-order chi connectivity index (χ0) is 33.3. The summed E-state index contributed by atoms with van der Waals surface area (Å²) in [5.41, 5.74) is 2.78. The van der Waals surface area contributed by atoms with Crippen LogP contribution in [0.15, 0.2) is 36.4 Å². The fraction of sp³-hybridized carbons (Fsp3) is 0.571. The van der Waals surface area contributed by atoms with Crippen molar-refractivity contribution in [1.82, 2.24) is 20.0 Å². The van der Waals surface area contributed by atoms with Crippen LogP contribution in [0.3, 0.4) is 0 Å². The number of aromatic hydroxyl groups is 1. The van der Waals surface area contributed by atoms with E-state index in [1.165, 1.54) is 12.8 Å². The van der Waals surface area contributed by atoms with Crippen LogP contribution in [0, 0.1) is 11.8 Å². The molecule has 3 heterocycles. The Kier molecular flexibility index (Phi) is 12.5. The molecule has 3 aliphatic rings. The number of hydrogen-bond donors (Lipinski definition) is 3. The average molecular weight is 689 g/mol. The molecule has 3 amide bonds. The van der Waals surface area contributed by atoms with E-state index in [2.05, 4.69) is 16.7 Å². The molecule has 1 atom stereocenters. The third-order valence-electron chi connectivity index (χ3n) is 10.2. The van der Waals surface area contributed by atoms with Gasteiger partial charge in [0.25, 0.3) is 5.91 Å². The van der Waals surface area contributed by atoms with Gasteiger partial charge in [-0.05, 0) is 99.2 Å². The molecule has 0 unspecified atom stereocenters. The summed E-state index contributed by atoms with van der Waals surface area (Å²) in [5.74, 6) is 0.828. The molecule has 3 aliphatic heterocycles. The van der Waals surface area contributed by atoms with Crippen molar-refractivity contribution >= 4 is 47.3 Å². The molecule has 0 aromatic heterocycles. The Balaban J connectivity index is 1.20. The van der Waals surface area contributed by atoms with Gasteiger partial charge in [-0.15, -0.1) is 0 Å². The minimum atomic E-state index is -1.06. The van der Waals surface area contributed by atoms with Crippen LogP contribution in [0.25, 0.3) is 0 Å². The summed E-state index contributed by atoms with van der Waals surface area (Å²) in [6.45, 7) is 4.78. The van der Waals surface area contributed by atoms with E-state index < -0.39 is 12.2 Å². The quantitative estimate of drug-likeness (QED) is 0.279. The molecule has 2 aromatic rings. The van der Waals surface area contributed by atoms with Crippen LogP contribution in [-0.2, 0) is 27.2 Å². The number of likely N-dealkylation sites (tertiary alicyclic amines) is 2. The van der Waals surface area contributed by atoms with Crippen molar-refractivity contribution in [1.29, 1.82) is 0 Å². The molecule has 3 N–H and O–H groups in total. The normalized spacial score (nSPS) is 18.9. The number of piperidine rings is 3. The molecule has 2 aromatic carbocycles. The Labute approximate surface area is 287 Å². The smallest absolute Gasteiger partial charge is 0.410 e. The van der Waals surface area contributed by atoms with Gasteiger partial charge in [-0.2, -0.15) is 0 Å². The monoisotopic (exact) mass is 687 g/mol. The molecule has 5 rings (SSSR count). The number of para-hydroxylation sites is 1. The predicted molar refractivity (Wildman–Crippen MR) is 184 cm³/mol. The highest BCUT2D eigenvalue weighted by Crippen LogP contribution is 2.34. The van der Waals surface area contributed by atoms with Crippen LogP contribution in [-0.4, -0.2) is 103 Å². The number of anilines is 1. The number of nitrogens with zero attached hydrogens (tertiary/aromatic N) is 3. The van der Waals surface area contributed by atoms with Crippen LogP contribution in [0.1, 0.15) is 49.7 Å². The topological polar surface area (TPSA) is 114 Å². The largest absolute Gasteiger partial charge is 0.505 e. The lowest BCUT2D eigenvalue weighted by molar-refractivity contribution is -0.142. The standard InChI is InChI=1S/C35H47Cl2N5O5/c1-38-31-5-3-2-4-27(31)10-17-42(23-43)28-11-18-41(19-12-28)35(46)47-32(22-24-20-29(36)33(44)30(37)21-24)34(45)40-15-8-26(9-16-40)25-6-13-39-14-7-25/h2-5,20-21,23,25-26,28,32,38-39,44H,6-19,22H2,1H3/t32-/m1/s1. The van der Waals surface area contributed by atoms with Crippen molar-refractivity contribution in [3.05, 3.63) is 57.6 Å². The number of amides is 3. The first-order chi connectivity index (χ1) is 22.8. The van der Waals surface area contributed by atoms with Crippen molar-refractivity contribution in [2.45, 2.75) is 63.5 Å². The van der Waals surface area contributed by atoms with Gasteiger partial charge in [0, 0.05) is 57.9 Å². The van der Waals surface area contributed by atoms with E-state index in [9.17, 15) is 19.5 Å². The van der Waals surface area contributed by atoms with Gasteiger partial charge in [0.1, 0.15) is 0 Å². The van der Waals surface area contributed by atoms with Gasteiger partial charge >= 0.3 is 6.09 Å². The van der Waals surface area contributed by atoms with Gasteiger partial charge in [-0.3, -0.25) is 9.59 Å². The summed E-state index contributed by atoms with van der Waals surface area (Å²) in [6.07, 6.45) is 5.56. The lowest BCUT2D eigenvalue weighted by Crippen LogP contribution is -2.50. The molecule has 256 valence electrons. The second kappa shape index (κ2) is 16.8. The Morgan fingerprint density at radius 3 is 2.26 bits per heavy atom. The average Bonchev–Trinajstić information content (AvgIpc) is 3.11. The molecule has 0 aliphatic carbocycles. The van der Waals surface area contributed by atoms with Crippen LogP contribution in [0.5, 0.6) is 5.75 Å². The third-order valence-corrected chi connectivity index (χ3v) is 10.7.